The number of likely N-dealkylation sites (N-methyl/N-ethyl adjacent to an activating group) is 1. The van der Waals surface area contributed by atoms with Gasteiger partial charge in [0.1, 0.15) is 0 Å². The van der Waals surface area contributed by atoms with E-state index in [0.29, 0.717) is 6.61 Å². The van der Waals surface area contributed by atoms with Crippen LogP contribution in [0.3, 0.4) is 0 Å². The second kappa shape index (κ2) is 6.83. The lowest BCUT2D eigenvalue weighted by Crippen LogP contribution is -2.25. The van der Waals surface area contributed by atoms with Gasteiger partial charge >= 0.3 is 0 Å². The summed E-state index contributed by atoms with van der Waals surface area (Å²) in [7, 11) is 4.10. The van der Waals surface area contributed by atoms with E-state index in [1.165, 1.54) is 12.8 Å². The lowest BCUT2D eigenvalue weighted by Gasteiger charge is -2.15. The van der Waals surface area contributed by atoms with E-state index in [-0.39, 0.29) is 0 Å². The molecular formula is C14H23N3O. The van der Waals surface area contributed by atoms with Crippen LogP contribution in [0.1, 0.15) is 24.2 Å². The van der Waals surface area contributed by atoms with Crippen LogP contribution in [-0.2, 0) is 17.9 Å². The molecule has 1 saturated carbocycles. The summed E-state index contributed by atoms with van der Waals surface area (Å²) in [4.78, 5) is 6.91. The van der Waals surface area contributed by atoms with Crippen molar-refractivity contribution in [1.29, 1.82) is 0 Å². The molecule has 1 aromatic rings. The first-order valence-electron chi connectivity index (χ1n) is 6.67. The maximum Gasteiger partial charge on any atom is 0.0888 e. The number of nitrogens with zero attached hydrogens (tertiary/aromatic N) is 2. The third-order valence-corrected chi connectivity index (χ3v) is 3.23. The highest BCUT2D eigenvalue weighted by molar-refractivity contribution is 5.10. The zero-order valence-corrected chi connectivity index (χ0v) is 11.4. The van der Waals surface area contributed by atoms with Crippen LogP contribution in [0.15, 0.2) is 18.2 Å². The zero-order chi connectivity index (χ0) is 12.8. The smallest absolute Gasteiger partial charge is 0.0888 e. The highest BCUT2D eigenvalue weighted by atomic mass is 16.5. The Morgan fingerprint density at radius 1 is 1.39 bits per heavy atom. The molecular weight excluding hydrogens is 226 g/mol. The Hall–Kier alpha value is -0.970. The van der Waals surface area contributed by atoms with Gasteiger partial charge in [-0.05, 0) is 39.1 Å². The number of rotatable bonds is 8. The molecule has 4 nitrogen and oxygen atoms in total. The minimum absolute atomic E-state index is 0.607. The monoisotopic (exact) mass is 249 g/mol. The van der Waals surface area contributed by atoms with Crippen molar-refractivity contribution in [3.8, 4) is 0 Å². The second-order valence-electron chi connectivity index (χ2n) is 4.91. The van der Waals surface area contributed by atoms with Gasteiger partial charge in [0.15, 0.2) is 0 Å². The summed E-state index contributed by atoms with van der Waals surface area (Å²) in [6.45, 7) is 3.21. The van der Waals surface area contributed by atoms with Crippen LogP contribution >= 0.6 is 0 Å². The van der Waals surface area contributed by atoms with Crippen LogP contribution in [0.5, 0.6) is 0 Å². The summed E-state index contributed by atoms with van der Waals surface area (Å²) in [6.07, 6.45) is 2.70. The highest BCUT2D eigenvalue weighted by Gasteiger charge is 2.25. The van der Waals surface area contributed by atoms with Crippen molar-refractivity contribution in [3.05, 3.63) is 29.6 Å². The lowest BCUT2D eigenvalue weighted by molar-refractivity contribution is 0.0956. The first-order chi connectivity index (χ1) is 8.79. The maximum atomic E-state index is 5.68. The fourth-order valence-corrected chi connectivity index (χ4v) is 1.97. The molecule has 4 heteroatoms. The molecule has 0 aliphatic heterocycles. The van der Waals surface area contributed by atoms with Crippen LogP contribution < -0.4 is 5.32 Å². The van der Waals surface area contributed by atoms with Crippen LogP contribution in [0.2, 0.25) is 0 Å². The predicted molar refractivity (Wildman–Crippen MR) is 72.3 cm³/mol. The molecule has 0 bridgehead atoms. The maximum absolute atomic E-state index is 5.68. The minimum Gasteiger partial charge on any atom is -0.374 e. The molecule has 0 spiro atoms. The third kappa shape index (κ3) is 4.37. The Kier molecular flexibility index (Phi) is 5.11. The standard InChI is InChI=1S/C14H23N3O/c1-15-10-12-4-3-5-13(16-12)11-18-9-8-17(2)14-6-7-14/h3-5,14-15H,6-11H2,1-2H3. The molecule has 1 N–H and O–H groups in total. The van der Waals surface area contributed by atoms with Crippen LogP contribution in [0, 0.1) is 0 Å². The minimum atomic E-state index is 0.607. The summed E-state index contributed by atoms with van der Waals surface area (Å²) in [5, 5.41) is 3.10. The van der Waals surface area contributed by atoms with Gasteiger partial charge < -0.3 is 15.0 Å². The van der Waals surface area contributed by atoms with Crippen molar-refractivity contribution in [2.75, 3.05) is 27.2 Å². The highest BCUT2D eigenvalue weighted by Crippen LogP contribution is 2.24. The van der Waals surface area contributed by atoms with Gasteiger partial charge in [0.2, 0.25) is 0 Å². The van der Waals surface area contributed by atoms with Gasteiger partial charge in [-0.25, -0.2) is 0 Å². The van der Waals surface area contributed by atoms with Crippen molar-refractivity contribution >= 4 is 0 Å². The van der Waals surface area contributed by atoms with E-state index < -0.39 is 0 Å². The molecule has 100 valence electrons. The van der Waals surface area contributed by atoms with E-state index in [1.54, 1.807) is 0 Å². The molecule has 18 heavy (non-hydrogen) atoms. The molecule has 1 aliphatic carbocycles. The Morgan fingerprint density at radius 3 is 2.89 bits per heavy atom. The Morgan fingerprint density at radius 2 is 2.17 bits per heavy atom. The van der Waals surface area contributed by atoms with Crippen molar-refractivity contribution in [2.24, 2.45) is 0 Å². The number of pyridine rings is 1. The van der Waals surface area contributed by atoms with Gasteiger partial charge in [-0.1, -0.05) is 6.07 Å². The molecule has 0 atom stereocenters. The number of nitrogens with one attached hydrogen (secondary N) is 1. The fourth-order valence-electron chi connectivity index (χ4n) is 1.97. The normalized spacial score (nSPS) is 15.3. The Bertz CT molecular complexity index is 366. The molecule has 0 radical (unpaired) electrons. The largest absolute Gasteiger partial charge is 0.374 e. The molecule has 1 aliphatic rings. The Balaban J connectivity index is 1.67. The molecule has 0 aromatic carbocycles. The summed E-state index contributed by atoms with van der Waals surface area (Å²) >= 11 is 0. The summed E-state index contributed by atoms with van der Waals surface area (Å²) in [6, 6.07) is 6.89. The van der Waals surface area contributed by atoms with Crippen molar-refractivity contribution in [1.82, 2.24) is 15.2 Å². The molecule has 0 saturated heterocycles. The molecule has 2 rings (SSSR count). The molecule has 1 aromatic heterocycles. The third-order valence-electron chi connectivity index (χ3n) is 3.23. The van der Waals surface area contributed by atoms with Crippen LogP contribution in [0.25, 0.3) is 0 Å². The fraction of sp³-hybridized carbons (Fsp3) is 0.643. The van der Waals surface area contributed by atoms with Gasteiger partial charge in [0, 0.05) is 19.1 Å². The lowest BCUT2D eigenvalue weighted by atomic mass is 10.3. The van der Waals surface area contributed by atoms with Gasteiger partial charge in [-0.2, -0.15) is 0 Å². The Labute approximate surface area is 109 Å². The molecule has 1 heterocycles. The topological polar surface area (TPSA) is 37.4 Å². The number of hydrogen-bond acceptors (Lipinski definition) is 4. The van der Waals surface area contributed by atoms with E-state index >= 15 is 0 Å². The number of aromatic nitrogens is 1. The first-order valence-corrected chi connectivity index (χ1v) is 6.67. The predicted octanol–water partition coefficient (Wildman–Crippen LogP) is 1.41. The van der Waals surface area contributed by atoms with E-state index in [2.05, 4.69) is 22.2 Å². The van der Waals surface area contributed by atoms with Crippen molar-refractivity contribution < 1.29 is 4.74 Å². The summed E-state index contributed by atoms with van der Waals surface area (Å²) in [5.74, 6) is 0. The van der Waals surface area contributed by atoms with Gasteiger partial charge in [-0.15, -0.1) is 0 Å². The first kappa shape index (κ1) is 13.5. The molecule has 0 unspecified atom stereocenters. The van der Waals surface area contributed by atoms with Gasteiger partial charge in [0.25, 0.3) is 0 Å². The van der Waals surface area contributed by atoms with E-state index in [4.69, 9.17) is 4.74 Å². The van der Waals surface area contributed by atoms with E-state index in [0.717, 1.165) is 37.1 Å². The van der Waals surface area contributed by atoms with Crippen molar-refractivity contribution in [3.63, 3.8) is 0 Å². The molecule has 1 fully saturated rings. The van der Waals surface area contributed by atoms with E-state index in [9.17, 15) is 0 Å². The van der Waals surface area contributed by atoms with Crippen molar-refractivity contribution in [2.45, 2.75) is 32.0 Å². The van der Waals surface area contributed by atoms with Gasteiger partial charge in [0.05, 0.1) is 24.6 Å². The van der Waals surface area contributed by atoms with Crippen LogP contribution in [-0.4, -0.2) is 43.2 Å². The number of hydrogen-bond donors (Lipinski definition) is 1. The number of ether oxygens (including phenoxy) is 1. The van der Waals surface area contributed by atoms with E-state index in [1.807, 2.05) is 25.2 Å². The average molecular weight is 249 g/mol. The average Bonchev–Trinajstić information content (AvgIpc) is 3.19. The SMILES string of the molecule is CNCc1cccc(COCCN(C)C2CC2)n1. The molecule has 0 amide bonds. The summed E-state index contributed by atoms with van der Waals surface area (Å²) < 4.78 is 5.68. The zero-order valence-electron chi connectivity index (χ0n) is 11.4. The summed E-state index contributed by atoms with van der Waals surface area (Å²) in [5.41, 5.74) is 2.07. The van der Waals surface area contributed by atoms with Crippen LogP contribution in [0.4, 0.5) is 0 Å². The van der Waals surface area contributed by atoms with Gasteiger partial charge in [-0.3, -0.25) is 4.98 Å². The second-order valence-corrected chi connectivity index (χ2v) is 4.91. The quantitative estimate of drug-likeness (QED) is 0.707.